The predicted molar refractivity (Wildman–Crippen MR) is 98.2 cm³/mol. The fraction of sp³-hybridized carbons (Fsp3) is 0.375. The molecule has 5 N–H and O–H groups in total. The molecule has 1 aliphatic rings. The summed E-state index contributed by atoms with van der Waals surface area (Å²) in [5.41, 5.74) is 7.27. The summed E-state index contributed by atoms with van der Waals surface area (Å²) in [6.45, 7) is 1.36. The highest BCUT2D eigenvalue weighted by molar-refractivity contribution is 6.33. The van der Waals surface area contributed by atoms with Crippen LogP contribution in [0.1, 0.15) is 12.8 Å². The molecule has 26 heavy (non-hydrogen) atoms. The molecule has 9 nitrogen and oxygen atoms in total. The Morgan fingerprint density at radius 2 is 2.15 bits per heavy atom. The van der Waals surface area contributed by atoms with Crippen molar-refractivity contribution in [3.63, 3.8) is 0 Å². The quantitative estimate of drug-likeness (QED) is 0.527. The zero-order valence-electron chi connectivity index (χ0n) is 13.9. The fourth-order valence-corrected chi connectivity index (χ4v) is 3.33. The minimum atomic E-state index is -0.523. The molecule has 0 atom stereocenters. The highest BCUT2D eigenvalue weighted by atomic mass is 35.5. The molecule has 0 aliphatic carbocycles. The number of aliphatic hydroxyl groups excluding tert-OH is 1. The first kappa shape index (κ1) is 17.0. The van der Waals surface area contributed by atoms with E-state index in [0.717, 1.165) is 0 Å². The summed E-state index contributed by atoms with van der Waals surface area (Å²) in [5, 5.41) is 16.5. The van der Waals surface area contributed by atoms with Gasteiger partial charge in [-0.3, -0.25) is 9.89 Å². The van der Waals surface area contributed by atoms with Gasteiger partial charge in [-0.15, -0.1) is 0 Å². The average molecular weight is 376 g/mol. The second kappa shape index (κ2) is 6.35. The SMILES string of the molecule is NC1(CO)CCN(c2cnc3c(-c4cc[nH]c(=O)c4Cl)[nH]nc3n2)CC1. The van der Waals surface area contributed by atoms with E-state index in [2.05, 4.69) is 30.0 Å². The van der Waals surface area contributed by atoms with Gasteiger partial charge in [0.2, 0.25) is 5.65 Å². The summed E-state index contributed by atoms with van der Waals surface area (Å²) in [6.07, 6.45) is 4.55. The second-order valence-electron chi connectivity index (χ2n) is 6.54. The van der Waals surface area contributed by atoms with Crippen LogP contribution < -0.4 is 16.2 Å². The zero-order chi connectivity index (χ0) is 18.3. The van der Waals surface area contributed by atoms with Gasteiger partial charge in [-0.1, -0.05) is 11.6 Å². The van der Waals surface area contributed by atoms with Crippen molar-refractivity contribution in [3.05, 3.63) is 33.8 Å². The molecule has 3 aromatic heterocycles. The van der Waals surface area contributed by atoms with Gasteiger partial charge in [0.05, 0.1) is 18.5 Å². The molecule has 0 amide bonds. The molecular weight excluding hydrogens is 358 g/mol. The molecule has 0 saturated carbocycles. The van der Waals surface area contributed by atoms with Crippen LogP contribution >= 0.6 is 11.6 Å². The van der Waals surface area contributed by atoms with Crippen LogP contribution in [0.25, 0.3) is 22.4 Å². The largest absolute Gasteiger partial charge is 0.394 e. The number of piperidine rings is 1. The van der Waals surface area contributed by atoms with E-state index < -0.39 is 5.54 Å². The number of fused-ring (bicyclic) bond motifs is 1. The standard InChI is InChI=1S/C16H18ClN7O2/c17-11-9(1-4-19-15(11)26)12-13-14(23-22-12)21-10(7-20-13)24-5-2-16(18,8-25)3-6-24/h1,4,7,25H,2-3,5-6,8,18H2,(H,19,26)(H,21,22,23). The van der Waals surface area contributed by atoms with E-state index in [0.29, 0.717) is 54.2 Å². The molecule has 1 saturated heterocycles. The van der Waals surface area contributed by atoms with Crippen LogP contribution in [-0.2, 0) is 0 Å². The van der Waals surface area contributed by atoms with E-state index in [-0.39, 0.29) is 17.2 Å². The summed E-state index contributed by atoms with van der Waals surface area (Å²) in [4.78, 5) is 25.3. The Hall–Kier alpha value is -2.49. The van der Waals surface area contributed by atoms with Crippen molar-refractivity contribution < 1.29 is 5.11 Å². The van der Waals surface area contributed by atoms with Crippen molar-refractivity contribution in [3.8, 4) is 11.3 Å². The zero-order valence-corrected chi connectivity index (χ0v) is 14.6. The first-order valence-corrected chi connectivity index (χ1v) is 8.62. The van der Waals surface area contributed by atoms with Crippen LogP contribution in [0.4, 0.5) is 5.82 Å². The lowest BCUT2D eigenvalue weighted by atomic mass is 9.90. The molecule has 1 aliphatic heterocycles. The number of hydrogen-bond donors (Lipinski definition) is 4. The molecule has 4 heterocycles. The Morgan fingerprint density at radius 3 is 2.88 bits per heavy atom. The number of pyridine rings is 1. The van der Waals surface area contributed by atoms with E-state index in [1.54, 1.807) is 12.3 Å². The number of nitrogens with zero attached hydrogens (tertiary/aromatic N) is 4. The third-order valence-electron chi connectivity index (χ3n) is 4.82. The molecule has 1 fully saturated rings. The number of aromatic amines is 2. The Balaban J connectivity index is 1.66. The van der Waals surface area contributed by atoms with E-state index in [1.165, 1.54) is 6.20 Å². The van der Waals surface area contributed by atoms with E-state index in [4.69, 9.17) is 17.3 Å². The van der Waals surface area contributed by atoms with Crippen LogP contribution in [0.15, 0.2) is 23.3 Å². The van der Waals surface area contributed by atoms with Crippen LogP contribution in [-0.4, -0.2) is 55.5 Å². The lowest BCUT2D eigenvalue weighted by Gasteiger charge is -2.38. The number of halogens is 1. The van der Waals surface area contributed by atoms with Crippen molar-refractivity contribution in [2.75, 3.05) is 24.6 Å². The van der Waals surface area contributed by atoms with Crippen molar-refractivity contribution in [2.45, 2.75) is 18.4 Å². The number of H-pyrrole nitrogens is 2. The lowest BCUT2D eigenvalue weighted by molar-refractivity contribution is 0.170. The number of anilines is 1. The third kappa shape index (κ3) is 2.83. The monoisotopic (exact) mass is 375 g/mol. The van der Waals surface area contributed by atoms with Gasteiger partial charge in [-0.05, 0) is 18.9 Å². The maximum atomic E-state index is 11.7. The molecule has 0 bridgehead atoms. The van der Waals surface area contributed by atoms with Gasteiger partial charge in [0.25, 0.3) is 5.56 Å². The lowest BCUT2D eigenvalue weighted by Crippen LogP contribution is -2.53. The molecule has 3 aromatic rings. The summed E-state index contributed by atoms with van der Waals surface area (Å²) in [6, 6.07) is 1.69. The smallest absolute Gasteiger partial charge is 0.267 e. The number of hydrogen-bond acceptors (Lipinski definition) is 7. The number of aromatic nitrogens is 5. The Morgan fingerprint density at radius 1 is 1.38 bits per heavy atom. The van der Waals surface area contributed by atoms with Crippen LogP contribution in [0, 0.1) is 0 Å². The summed E-state index contributed by atoms with van der Waals surface area (Å²) < 4.78 is 0. The van der Waals surface area contributed by atoms with E-state index in [9.17, 15) is 9.90 Å². The van der Waals surface area contributed by atoms with Crippen molar-refractivity contribution in [1.82, 2.24) is 25.1 Å². The summed E-state index contributed by atoms with van der Waals surface area (Å²) >= 11 is 6.10. The number of aliphatic hydroxyl groups is 1. The number of nitrogens with two attached hydrogens (primary N) is 1. The van der Waals surface area contributed by atoms with Gasteiger partial charge >= 0.3 is 0 Å². The number of nitrogens with one attached hydrogen (secondary N) is 2. The van der Waals surface area contributed by atoms with Crippen molar-refractivity contribution in [2.24, 2.45) is 5.73 Å². The third-order valence-corrected chi connectivity index (χ3v) is 5.19. The normalized spacial score (nSPS) is 17.0. The minimum Gasteiger partial charge on any atom is -0.394 e. The maximum Gasteiger partial charge on any atom is 0.267 e. The van der Waals surface area contributed by atoms with Crippen LogP contribution in [0.5, 0.6) is 0 Å². The predicted octanol–water partition coefficient (Wildman–Crippen LogP) is 0.652. The van der Waals surface area contributed by atoms with E-state index in [1.807, 2.05) is 0 Å². The van der Waals surface area contributed by atoms with Gasteiger partial charge < -0.3 is 20.7 Å². The molecule has 0 radical (unpaired) electrons. The highest BCUT2D eigenvalue weighted by Crippen LogP contribution is 2.29. The van der Waals surface area contributed by atoms with Crippen LogP contribution in [0.2, 0.25) is 5.02 Å². The minimum absolute atomic E-state index is 0.0226. The van der Waals surface area contributed by atoms with Crippen molar-refractivity contribution in [1.29, 1.82) is 0 Å². The van der Waals surface area contributed by atoms with Gasteiger partial charge in [0.15, 0.2) is 0 Å². The van der Waals surface area contributed by atoms with Gasteiger partial charge in [-0.25, -0.2) is 9.97 Å². The second-order valence-corrected chi connectivity index (χ2v) is 6.92. The Labute approximate surface area is 153 Å². The van der Waals surface area contributed by atoms with Gasteiger partial charge in [0.1, 0.15) is 16.4 Å². The van der Waals surface area contributed by atoms with E-state index >= 15 is 0 Å². The van der Waals surface area contributed by atoms with Gasteiger partial charge in [0, 0.05) is 30.4 Å². The highest BCUT2D eigenvalue weighted by Gasteiger charge is 2.30. The summed E-state index contributed by atoms with van der Waals surface area (Å²) in [5.74, 6) is 0.701. The fourth-order valence-electron chi connectivity index (χ4n) is 3.12. The van der Waals surface area contributed by atoms with Crippen molar-refractivity contribution >= 4 is 28.6 Å². The molecule has 10 heteroatoms. The Bertz CT molecular complexity index is 1010. The first-order chi connectivity index (χ1) is 12.5. The molecule has 4 rings (SSSR count). The number of rotatable bonds is 3. The topological polar surface area (TPSA) is 137 Å². The molecule has 0 aromatic carbocycles. The molecule has 0 unspecified atom stereocenters. The first-order valence-electron chi connectivity index (χ1n) is 8.24. The molecule has 0 spiro atoms. The van der Waals surface area contributed by atoms with Crippen LogP contribution in [0.3, 0.4) is 0 Å². The maximum absolute atomic E-state index is 11.7. The average Bonchev–Trinajstić information content (AvgIpc) is 3.07. The molecular formula is C16H18ClN7O2. The molecule has 136 valence electrons. The van der Waals surface area contributed by atoms with Gasteiger partial charge in [-0.2, -0.15) is 5.10 Å². The Kier molecular flexibility index (Phi) is 4.14. The summed E-state index contributed by atoms with van der Waals surface area (Å²) in [7, 11) is 0.